The van der Waals surface area contributed by atoms with Gasteiger partial charge in [-0.1, -0.05) is 18.2 Å². The summed E-state index contributed by atoms with van der Waals surface area (Å²) in [6.07, 6.45) is 3.73. The van der Waals surface area contributed by atoms with Gasteiger partial charge in [-0.2, -0.15) is 0 Å². The third-order valence-corrected chi connectivity index (χ3v) is 4.07. The van der Waals surface area contributed by atoms with Crippen LogP contribution in [0.1, 0.15) is 31.2 Å². The summed E-state index contributed by atoms with van der Waals surface area (Å²) in [5, 5.41) is 5.44. The minimum atomic E-state index is -0.269. The van der Waals surface area contributed by atoms with Crippen molar-refractivity contribution in [2.45, 2.75) is 32.6 Å². The fraction of sp³-hybridized carbons (Fsp3) is 0.556. The molecule has 3 amide bonds. The highest BCUT2D eigenvalue weighted by Crippen LogP contribution is 2.15. The van der Waals surface area contributed by atoms with Crippen molar-refractivity contribution in [2.24, 2.45) is 0 Å². The van der Waals surface area contributed by atoms with Gasteiger partial charge in [0.25, 0.3) is 0 Å². The normalized spacial score (nSPS) is 14.1. The molecule has 2 rings (SSSR count). The smallest absolute Gasteiger partial charge is 0.314 e. The van der Waals surface area contributed by atoms with Gasteiger partial charge in [0.15, 0.2) is 0 Å². The number of amides is 3. The Balaban J connectivity index is 1.53. The number of hydrogen-bond acceptors (Lipinski definition) is 3. The fourth-order valence-corrected chi connectivity index (χ4v) is 2.69. The summed E-state index contributed by atoms with van der Waals surface area (Å²) in [6, 6.07) is 7.49. The van der Waals surface area contributed by atoms with Gasteiger partial charge in [0.2, 0.25) is 5.91 Å². The summed E-state index contributed by atoms with van der Waals surface area (Å²) in [6.45, 7) is 4.86. The molecular weight excluding hydrogens is 306 g/mol. The maximum Gasteiger partial charge on any atom is 0.314 e. The van der Waals surface area contributed by atoms with Crippen molar-refractivity contribution >= 4 is 11.9 Å². The summed E-state index contributed by atoms with van der Waals surface area (Å²) in [5.41, 5.74) is 1.07. The van der Waals surface area contributed by atoms with Gasteiger partial charge in [0, 0.05) is 26.1 Å². The SMILES string of the molecule is Cc1ccccc1OCCNC(=O)NCCC(=O)N1CCCCC1. The first-order valence-electron chi connectivity index (χ1n) is 8.65. The van der Waals surface area contributed by atoms with E-state index >= 15 is 0 Å². The van der Waals surface area contributed by atoms with Crippen molar-refractivity contribution in [3.05, 3.63) is 29.8 Å². The molecule has 1 heterocycles. The van der Waals surface area contributed by atoms with Crippen LogP contribution in [0.25, 0.3) is 0 Å². The molecule has 24 heavy (non-hydrogen) atoms. The molecule has 0 bridgehead atoms. The highest BCUT2D eigenvalue weighted by molar-refractivity contribution is 5.78. The summed E-state index contributed by atoms with van der Waals surface area (Å²) in [7, 11) is 0. The lowest BCUT2D eigenvalue weighted by Crippen LogP contribution is -2.41. The number of carbonyl (C=O) groups is 2. The third kappa shape index (κ3) is 6.10. The Hall–Kier alpha value is -2.24. The Kier molecular flexibility index (Phi) is 7.39. The number of hydrogen-bond donors (Lipinski definition) is 2. The topological polar surface area (TPSA) is 70.7 Å². The van der Waals surface area contributed by atoms with E-state index in [0.717, 1.165) is 37.2 Å². The molecule has 1 aromatic rings. The number of nitrogens with one attached hydrogen (secondary N) is 2. The summed E-state index contributed by atoms with van der Waals surface area (Å²) < 4.78 is 5.61. The molecule has 132 valence electrons. The Bertz CT molecular complexity index is 542. The number of likely N-dealkylation sites (tertiary alicyclic amines) is 1. The van der Waals surface area contributed by atoms with Gasteiger partial charge in [-0.15, -0.1) is 0 Å². The lowest BCUT2D eigenvalue weighted by molar-refractivity contribution is -0.131. The van der Waals surface area contributed by atoms with Crippen molar-refractivity contribution in [2.75, 3.05) is 32.8 Å². The van der Waals surface area contributed by atoms with E-state index in [-0.39, 0.29) is 11.9 Å². The average molecular weight is 333 g/mol. The maximum atomic E-state index is 12.0. The van der Waals surface area contributed by atoms with E-state index in [1.54, 1.807) is 0 Å². The number of para-hydroxylation sites is 1. The molecule has 1 aromatic carbocycles. The number of urea groups is 1. The van der Waals surface area contributed by atoms with Crippen LogP contribution in [0.4, 0.5) is 4.79 Å². The van der Waals surface area contributed by atoms with E-state index in [1.165, 1.54) is 6.42 Å². The average Bonchev–Trinajstić information content (AvgIpc) is 2.61. The number of piperidine rings is 1. The highest BCUT2D eigenvalue weighted by atomic mass is 16.5. The number of ether oxygens (including phenoxy) is 1. The second-order valence-electron chi connectivity index (χ2n) is 5.99. The molecule has 0 saturated carbocycles. The number of nitrogens with zero attached hydrogens (tertiary/aromatic N) is 1. The molecule has 0 aliphatic carbocycles. The molecule has 0 radical (unpaired) electrons. The van der Waals surface area contributed by atoms with Crippen LogP contribution in [0, 0.1) is 6.92 Å². The standard InChI is InChI=1S/C18H27N3O3/c1-15-7-3-4-8-16(15)24-14-11-20-18(23)19-10-9-17(22)21-12-5-2-6-13-21/h3-4,7-8H,2,5-6,9-14H2,1H3,(H2,19,20,23). The van der Waals surface area contributed by atoms with E-state index in [1.807, 2.05) is 36.1 Å². The second-order valence-corrected chi connectivity index (χ2v) is 5.99. The third-order valence-electron chi connectivity index (χ3n) is 4.07. The van der Waals surface area contributed by atoms with Crippen LogP contribution < -0.4 is 15.4 Å². The summed E-state index contributed by atoms with van der Waals surface area (Å²) in [4.78, 5) is 25.5. The van der Waals surface area contributed by atoms with Crippen LogP contribution >= 0.6 is 0 Å². The Morgan fingerprint density at radius 2 is 1.79 bits per heavy atom. The molecule has 0 atom stereocenters. The van der Waals surface area contributed by atoms with Crippen LogP contribution in [-0.2, 0) is 4.79 Å². The number of benzene rings is 1. The number of aryl methyl sites for hydroxylation is 1. The van der Waals surface area contributed by atoms with Gasteiger partial charge in [0.05, 0.1) is 6.54 Å². The first kappa shape index (κ1) is 18.1. The van der Waals surface area contributed by atoms with Gasteiger partial charge in [0.1, 0.15) is 12.4 Å². The zero-order valence-electron chi connectivity index (χ0n) is 14.3. The minimum absolute atomic E-state index is 0.123. The van der Waals surface area contributed by atoms with Crippen LogP contribution in [-0.4, -0.2) is 49.6 Å². The predicted molar refractivity (Wildman–Crippen MR) is 93.1 cm³/mol. The van der Waals surface area contributed by atoms with Gasteiger partial charge in [-0.25, -0.2) is 4.79 Å². The van der Waals surface area contributed by atoms with Gasteiger partial charge < -0.3 is 20.3 Å². The van der Waals surface area contributed by atoms with E-state index in [4.69, 9.17) is 4.74 Å². The van der Waals surface area contributed by atoms with Gasteiger partial charge in [-0.3, -0.25) is 4.79 Å². The van der Waals surface area contributed by atoms with Crippen molar-refractivity contribution < 1.29 is 14.3 Å². The first-order chi connectivity index (χ1) is 11.7. The molecule has 2 N–H and O–H groups in total. The second kappa shape index (κ2) is 9.80. The van der Waals surface area contributed by atoms with Crippen molar-refractivity contribution in [1.82, 2.24) is 15.5 Å². The monoisotopic (exact) mass is 333 g/mol. The quantitative estimate of drug-likeness (QED) is 0.751. The molecular formula is C18H27N3O3. The highest BCUT2D eigenvalue weighted by Gasteiger charge is 2.15. The molecule has 1 aliphatic rings. The maximum absolute atomic E-state index is 12.0. The van der Waals surface area contributed by atoms with Gasteiger partial charge >= 0.3 is 6.03 Å². The van der Waals surface area contributed by atoms with E-state index in [0.29, 0.717) is 26.1 Å². The van der Waals surface area contributed by atoms with Crippen molar-refractivity contribution in [1.29, 1.82) is 0 Å². The van der Waals surface area contributed by atoms with Crippen molar-refractivity contribution in [3.8, 4) is 5.75 Å². The Morgan fingerprint density at radius 3 is 2.54 bits per heavy atom. The molecule has 0 unspecified atom stereocenters. The molecule has 1 aliphatic heterocycles. The molecule has 0 aromatic heterocycles. The lowest BCUT2D eigenvalue weighted by atomic mass is 10.1. The summed E-state index contributed by atoms with van der Waals surface area (Å²) >= 11 is 0. The predicted octanol–water partition coefficient (Wildman–Crippen LogP) is 2.08. The minimum Gasteiger partial charge on any atom is -0.491 e. The molecule has 1 fully saturated rings. The number of rotatable bonds is 7. The first-order valence-corrected chi connectivity index (χ1v) is 8.65. The van der Waals surface area contributed by atoms with E-state index in [9.17, 15) is 9.59 Å². The van der Waals surface area contributed by atoms with Crippen LogP contribution in [0.15, 0.2) is 24.3 Å². The fourth-order valence-electron chi connectivity index (χ4n) is 2.69. The van der Waals surface area contributed by atoms with E-state index < -0.39 is 0 Å². The zero-order chi connectivity index (χ0) is 17.2. The molecule has 6 heteroatoms. The molecule has 0 spiro atoms. The summed E-state index contributed by atoms with van der Waals surface area (Å²) in [5.74, 6) is 0.949. The molecule has 1 saturated heterocycles. The van der Waals surface area contributed by atoms with E-state index in [2.05, 4.69) is 10.6 Å². The zero-order valence-corrected chi connectivity index (χ0v) is 14.3. The number of carbonyl (C=O) groups excluding carboxylic acids is 2. The Morgan fingerprint density at radius 1 is 1.08 bits per heavy atom. The van der Waals surface area contributed by atoms with Crippen LogP contribution in [0.5, 0.6) is 5.75 Å². The van der Waals surface area contributed by atoms with Crippen molar-refractivity contribution in [3.63, 3.8) is 0 Å². The largest absolute Gasteiger partial charge is 0.491 e. The molecule has 6 nitrogen and oxygen atoms in total. The van der Waals surface area contributed by atoms with Crippen LogP contribution in [0.3, 0.4) is 0 Å². The van der Waals surface area contributed by atoms with Gasteiger partial charge in [-0.05, 0) is 37.8 Å². The Labute approximate surface area is 143 Å². The van der Waals surface area contributed by atoms with Crippen LogP contribution in [0.2, 0.25) is 0 Å². The lowest BCUT2D eigenvalue weighted by Gasteiger charge is -2.26.